The highest BCUT2D eigenvalue weighted by Crippen LogP contribution is 2.28. The molecule has 24 heavy (non-hydrogen) atoms. The molecule has 0 aromatic carbocycles. The van der Waals surface area contributed by atoms with E-state index in [0.717, 1.165) is 50.0 Å². The van der Waals surface area contributed by atoms with Gasteiger partial charge in [0.1, 0.15) is 0 Å². The molecule has 0 spiro atoms. The Hall–Kier alpha value is -0.810. The summed E-state index contributed by atoms with van der Waals surface area (Å²) in [6, 6.07) is 0. The topological polar surface area (TPSA) is 40.1 Å². The van der Waals surface area contributed by atoms with Gasteiger partial charge in [0.05, 0.1) is 6.61 Å². The van der Waals surface area contributed by atoms with Gasteiger partial charge in [-0.05, 0) is 50.0 Å². The molecule has 0 radical (unpaired) electrons. The van der Waals surface area contributed by atoms with E-state index in [9.17, 15) is 0 Å². The third-order valence-electron chi connectivity index (χ3n) is 4.97. The van der Waals surface area contributed by atoms with Crippen molar-refractivity contribution in [2.45, 2.75) is 39.5 Å². The maximum absolute atomic E-state index is 5.74. The maximum atomic E-state index is 5.74. The summed E-state index contributed by atoms with van der Waals surface area (Å²) in [5.41, 5.74) is 0. The smallest absolute Gasteiger partial charge is 0.193 e. The predicted molar refractivity (Wildman–Crippen MR) is 102 cm³/mol. The van der Waals surface area contributed by atoms with Crippen LogP contribution < -0.4 is 5.32 Å². The van der Waals surface area contributed by atoms with E-state index in [1.54, 1.807) is 0 Å². The van der Waals surface area contributed by atoms with Crippen LogP contribution in [0.25, 0.3) is 0 Å². The molecule has 0 aromatic rings. The van der Waals surface area contributed by atoms with Crippen LogP contribution in [0.2, 0.25) is 0 Å². The van der Waals surface area contributed by atoms with Crippen molar-refractivity contribution in [3.05, 3.63) is 0 Å². The minimum Gasteiger partial charge on any atom is -0.379 e. The lowest BCUT2D eigenvalue weighted by Crippen LogP contribution is -2.46. The monoisotopic (exact) mass is 338 g/mol. The lowest BCUT2D eigenvalue weighted by atomic mass is 9.97. The van der Waals surface area contributed by atoms with E-state index in [1.165, 1.54) is 45.3 Å². The van der Waals surface area contributed by atoms with Crippen LogP contribution in [-0.2, 0) is 4.74 Å². The van der Waals surface area contributed by atoms with Crippen LogP contribution in [0.5, 0.6) is 0 Å². The van der Waals surface area contributed by atoms with Crippen molar-refractivity contribution in [1.29, 1.82) is 0 Å². The molecule has 5 nitrogen and oxygen atoms in total. The summed E-state index contributed by atoms with van der Waals surface area (Å²) in [6.07, 6.45) is 5.36. The SMILES string of the molecule is CN=C(NCC1CCCN(CC(C)C)C1)N(C)CCOCC1CC1. The number of aliphatic imine (C=N–C) groups is 1. The molecule has 0 bridgehead atoms. The fourth-order valence-corrected chi connectivity index (χ4v) is 3.46. The Morgan fingerprint density at radius 3 is 2.75 bits per heavy atom. The van der Waals surface area contributed by atoms with Gasteiger partial charge in [-0.3, -0.25) is 4.99 Å². The Bertz CT molecular complexity index is 382. The Balaban J connectivity index is 1.63. The number of likely N-dealkylation sites (tertiary alicyclic amines) is 1. The lowest BCUT2D eigenvalue weighted by Gasteiger charge is -2.34. The van der Waals surface area contributed by atoms with E-state index in [-0.39, 0.29) is 0 Å². The summed E-state index contributed by atoms with van der Waals surface area (Å²) in [5, 5.41) is 3.57. The van der Waals surface area contributed by atoms with Crippen molar-refractivity contribution >= 4 is 5.96 Å². The van der Waals surface area contributed by atoms with E-state index in [4.69, 9.17) is 4.74 Å². The highest BCUT2D eigenvalue weighted by molar-refractivity contribution is 5.79. The summed E-state index contributed by atoms with van der Waals surface area (Å²) in [6.45, 7) is 12.0. The van der Waals surface area contributed by atoms with Crippen LogP contribution in [0.1, 0.15) is 39.5 Å². The van der Waals surface area contributed by atoms with Gasteiger partial charge in [0, 0.05) is 46.9 Å². The standard InChI is InChI=1S/C19H38N4O/c1-16(2)13-23-9-5-6-18(14-23)12-21-19(20-3)22(4)10-11-24-15-17-7-8-17/h16-18H,5-15H2,1-4H3,(H,20,21). The molecule has 1 unspecified atom stereocenters. The van der Waals surface area contributed by atoms with Crippen molar-refractivity contribution < 1.29 is 4.74 Å². The Morgan fingerprint density at radius 1 is 1.29 bits per heavy atom. The van der Waals surface area contributed by atoms with Gasteiger partial charge < -0.3 is 19.9 Å². The number of hydrogen-bond acceptors (Lipinski definition) is 3. The number of ether oxygens (including phenoxy) is 1. The number of piperidine rings is 1. The highest BCUT2D eigenvalue weighted by Gasteiger charge is 2.22. The van der Waals surface area contributed by atoms with Gasteiger partial charge in [0.2, 0.25) is 0 Å². The summed E-state index contributed by atoms with van der Waals surface area (Å²) < 4.78 is 5.74. The number of guanidine groups is 1. The van der Waals surface area contributed by atoms with Crippen LogP contribution in [0.15, 0.2) is 4.99 Å². The zero-order chi connectivity index (χ0) is 17.4. The number of nitrogens with one attached hydrogen (secondary N) is 1. The molecule has 5 heteroatoms. The van der Waals surface area contributed by atoms with Gasteiger partial charge >= 0.3 is 0 Å². The second kappa shape index (κ2) is 10.2. The molecule has 1 aliphatic heterocycles. The average Bonchev–Trinajstić information content (AvgIpc) is 3.36. The minimum atomic E-state index is 0.730. The van der Waals surface area contributed by atoms with Crippen LogP contribution in [-0.4, -0.2) is 75.8 Å². The van der Waals surface area contributed by atoms with Gasteiger partial charge in [-0.1, -0.05) is 13.8 Å². The molecule has 1 saturated carbocycles. The van der Waals surface area contributed by atoms with Crippen molar-refractivity contribution in [3.63, 3.8) is 0 Å². The molecule has 2 rings (SSSR count). The van der Waals surface area contributed by atoms with E-state index < -0.39 is 0 Å². The first kappa shape index (κ1) is 19.5. The van der Waals surface area contributed by atoms with Crippen molar-refractivity contribution in [2.75, 3.05) is 60.0 Å². The first-order valence-corrected chi connectivity index (χ1v) is 9.80. The van der Waals surface area contributed by atoms with E-state index >= 15 is 0 Å². The highest BCUT2D eigenvalue weighted by atomic mass is 16.5. The summed E-state index contributed by atoms with van der Waals surface area (Å²) in [5.74, 6) is 3.32. The fraction of sp³-hybridized carbons (Fsp3) is 0.947. The number of rotatable bonds is 9. The fourth-order valence-electron chi connectivity index (χ4n) is 3.46. The molecule has 1 atom stereocenters. The molecule has 1 N–H and O–H groups in total. The first-order valence-electron chi connectivity index (χ1n) is 9.80. The van der Waals surface area contributed by atoms with Crippen molar-refractivity contribution in [3.8, 4) is 0 Å². The second-order valence-corrected chi connectivity index (χ2v) is 8.03. The number of hydrogen-bond donors (Lipinski definition) is 1. The van der Waals surface area contributed by atoms with Crippen LogP contribution in [0, 0.1) is 17.8 Å². The Morgan fingerprint density at radius 2 is 2.08 bits per heavy atom. The molecular formula is C19H38N4O. The molecule has 1 saturated heterocycles. The molecule has 1 aliphatic carbocycles. The van der Waals surface area contributed by atoms with Crippen molar-refractivity contribution in [1.82, 2.24) is 15.1 Å². The van der Waals surface area contributed by atoms with Crippen molar-refractivity contribution in [2.24, 2.45) is 22.7 Å². The van der Waals surface area contributed by atoms with Gasteiger partial charge in [-0.2, -0.15) is 0 Å². The molecule has 1 heterocycles. The van der Waals surface area contributed by atoms with Gasteiger partial charge in [-0.25, -0.2) is 0 Å². The normalized spacial score (nSPS) is 22.9. The second-order valence-electron chi connectivity index (χ2n) is 8.03. The van der Waals surface area contributed by atoms with Crippen LogP contribution in [0.3, 0.4) is 0 Å². The summed E-state index contributed by atoms with van der Waals surface area (Å²) in [4.78, 5) is 9.23. The quantitative estimate of drug-likeness (QED) is 0.398. The van der Waals surface area contributed by atoms with E-state index in [1.807, 2.05) is 7.05 Å². The minimum absolute atomic E-state index is 0.730. The Kier molecular flexibility index (Phi) is 8.33. The zero-order valence-corrected chi connectivity index (χ0v) is 16.3. The lowest BCUT2D eigenvalue weighted by molar-refractivity contribution is 0.115. The van der Waals surface area contributed by atoms with Gasteiger partial charge in [-0.15, -0.1) is 0 Å². The van der Waals surface area contributed by atoms with Crippen LogP contribution >= 0.6 is 0 Å². The molecule has 140 valence electrons. The number of nitrogens with zero attached hydrogens (tertiary/aromatic N) is 3. The predicted octanol–water partition coefficient (Wildman–Crippen LogP) is 2.29. The summed E-state index contributed by atoms with van der Waals surface area (Å²) in [7, 11) is 3.97. The third-order valence-corrected chi connectivity index (χ3v) is 4.97. The van der Waals surface area contributed by atoms with Crippen LogP contribution in [0.4, 0.5) is 0 Å². The molecular weight excluding hydrogens is 300 g/mol. The molecule has 2 aliphatic rings. The molecule has 0 amide bonds. The largest absolute Gasteiger partial charge is 0.379 e. The Labute approximate surface area is 148 Å². The van der Waals surface area contributed by atoms with Gasteiger partial charge in [0.15, 0.2) is 5.96 Å². The molecule has 2 fully saturated rings. The van der Waals surface area contributed by atoms with Gasteiger partial charge in [0.25, 0.3) is 0 Å². The number of likely N-dealkylation sites (N-methyl/N-ethyl adjacent to an activating group) is 1. The summed E-state index contributed by atoms with van der Waals surface area (Å²) >= 11 is 0. The molecule has 0 aromatic heterocycles. The van der Waals surface area contributed by atoms with E-state index in [0.29, 0.717) is 0 Å². The zero-order valence-electron chi connectivity index (χ0n) is 16.3. The average molecular weight is 339 g/mol. The maximum Gasteiger partial charge on any atom is 0.193 e. The first-order chi connectivity index (χ1) is 11.6. The van der Waals surface area contributed by atoms with E-state index in [2.05, 4.69) is 41.0 Å². The third kappa shape index (κ3) is 7.39.